The summed E-state index contributed by atoms with van der Waals surface area (Å²) in [6.07, 6.45) is -5.47. The van der Waals surface area contributed by atoms with Crippen LogP contribution >= 0.6 is 0 Å². The second-order valence-electron chi connectivity index (χ2n) is 9.55. The normalized spacial score (nSPS) is 21.4. The van der Waals surface area contributed by atoms with Crippen molar-refractivity contribution in [2.24, 2.45) is 0 Å². The summed E-state index contributed by atoms with van der Waals surface area (Å²) >= 11 is 0. The van der Waals surface area contributed by atoms with E-state index in [1.165, 1.54) is 38.5 Å². The molecule has 1 aromatic heterocycles. The van der Waals surface area contributed by atoms with Crippen molar-refractivity contribution >= 4 is 34.8 Å². The summed E-state index contributed by atoms with van der Waals surface area (Å²) in [5.74, 6) is -2.23. The third-order valence-electron chi connectivity index (χ3n) is 6.35. The molecular formula is C30H30O13. The van der Waals surface area contributed by atoms with E-state index in [2.05, 4.69) is 0 Å². The molecule has 1 saturated heterocycles. The zero-order valence-corrected chi connectivity index (χ0v) is 24.0. The number of carbonyl (C=O) groups is 4. The molecule has 2 heterocycles. The topological polar surface area (TPSA) is 163 Å². The van der Waals surface area contributed by atoms with E-state index in [9.17, 15) is 24.0 Å². The fourth-order valence-electron chi connectivity index (χ4n) is 4.57. The van der Waals surface area contributed by atoms with Crippen LogP contribution in [0.1, 0.15) is 27.7 Å². The molecular weight excluding hydrogens is 568 g/mol. The van der Waals surface area contributed by atoms with Crippen molar-refractivity contribution in [3.8, 4) is 22.6 Å². The van der Waals surface area contributed by atoms with E-state index < -0.39 is 61.2 Å². The number of hydrogen-bond acceptors (Lipinski definition) is 13. The molecule has 5 atom stereocenters. The van der Waals surface area contributed by atoms with Gasteiger partial charge in [0.25, 0.3) is 0 Å². The number of hydrogen-bond donors (Lipinski definition) is 0. The first-order chi connectivity index (χ1) is 20.5. The molecule has 4 rings (SSSR count). The minimum absolute atomic E-state index is 0.104. The van der Waals surface area contributed by atoms with E-state index in [1.54, 1.807) is 24.3 Å². The minimum atomic E-state index is -1.46. The Balaban J connectivity index is 1.73. The number of benzene rings is 2. The highest BCUT2D eigenvalue weighted by molar-refractivity contribution is 5.83. The van der Waals surface area contributed by atoms with Crippen molar-refractivity contribution in [1.82, 2.24) is 0 Å². The lowest BCUT2D eigenvalue weighted by atomic mass is 9.98. The summed E-state index contributed by atoms with van der Waals surface area (Å²) < 4.78 is 44.2. The Labute approximate surface area is 245 Å². The number of rotatable bonds is 9. The van der Waals surface area contributed by atoms with Crippen LogP contribution in [-0.2, 0) is 42.9 Å². The van der Waals surface area contributed by atoms with Crippen molar-refractivity contribution in [1.29, 1.82) is 0 Å². The Morgan fingerprint density at radius 2 is 1.37 bits per heavy atom. The third kappa shape index (κ3) is 7.49. The van der Waals surface area contributed by atoms with E-state index in [0.29, 0.717) is 16.9 Å². The van der Waals surface area contributed by atoms with Gasteiger partial charge in [0.15, 0.2) is 12.2 Å². The van der Waals surface area contributed by atoms with Gasteiger partial charge >= 0.3 is 23.9 Å². The molecule has 13 nitrogen and oxygen atoms in total. The summed E-state index contributed by atoms with van der Waals surface area (Å²) in [5, 5.41) is 0.177. The molecule has 1 aliphatic rings. The van der Waals surface area contributed by atoms with Crippen molar-refractivity contribution in [2.75, 3.05) is 13.7 Å². The van der Waals surface area contributed by atoms with Gasteiger partial charge in [-0.15, -0.1) is 0 Å². The van der Waals surface area contributed by atoms with Crippen LogP contribution in [0.4, 0.5) is 0 Å². The highest BCUT2D eigenvalue weighted by atomic mass is 16.7. The maximum absolute atomic E-state index is 13.5. The monoisotopic (exact) mass is 598 g/mol. The standard InChI is InChI=1S/C30H30O13/c1-15(31)37-14-25-27(39-16(2)32)28(40-17(3)33)29(41-18(4)34)30(43-25)42-21-10-11-24-22(12-21)26(35)23(13-38-24)19-6-8-20(36-5)9-7-19/h6-13,25,27-30H,14H2,1-5H3/t25-,27-,28-,29-,30+/m0/s1. The van der Waals surface area contributed by atoms with Gasteiger partial charge in [-0.3, -0.25) is 24.0 Å². The Hall–Kier alpha value is -4.91. The summed E-state index contributed by atoms with van der Waals surface area (Å²) in [6, 6.07) is 11.3. The van der Waals surface area contributed by atoms with Crippen LogP contribution < -0.4 is 14.9 Å². The first-order valence-corrected chi connectivity index (χ1v) is 13.1. The van der Waals surface area contributed by atoms with Crippen LogP contribution in [0, 0.1) is 0 Å². The Morgan fingerprint density at radius 1 is 0.767 bits per heavy atom. The first-order valence-electron chi connectivity index (χ1n) is 13.1. The van der Waals surface area contributed by atoms with Crippen LogP contribution in [0.5, 0.6) is 11.5 Å². The maximum Gasteiger partial charge on any atom is 0.303 e. The Morgan fingerprint density at radius 3 is 1.98 bits per heavy atom. The quantitative estimate of drug-likeness (QED) is 0.261. The molecule has 0 spiro atoms. The highest BCUT2D eigenvalue weighted by Crippen LogP contribution is 2.32. The fraction of sp³-hybridized carbons (Fsp3) is 0.367. The summed E-state index contributed by atoms with van der Waals surface area (Å²) in [4.78, 5) is 61.1. The van der Waals surface area contributed by atoms with Crippen LogP contribution in [0.2, 0.25) is 0 Å². The number of ether oxygens (including phenoxy) is 7. The van der Waals surface area contributed by atoms with Crippen molar-refractivity contribution in [2.45, 2.75) is 58.4 Å². The molecule has 1 aliphatic heterocycles. The summed E-state index contributed by atoms with van der Waals surface area (Å²) in [6.45, 7) is 4.12. The van der Waals surface area contributed by atoms with Gasteiger partial charge in [0, 0.05) is 27.7 Å². The molecule has 0 radical (unpaired) electrons. The second kappa shape index (κ2) is 13.4. The average Bonchev–Trinajstić information content (AvgIpc) is 2.95. The molecule has 0 unspecified atom stereocenters. The zero-order valence-electron chi connectivity index (χ0n) is 24.0. The summed E-state index contributed by atoms with van der Waals surface area (Å²) in [5.41, 5.74) is 0.816. The molecule has 3 aromatic rings. The lowest BCUT2D eigenvalue weighted by Gasteiger charge is -2.43. The van der Waals surface area contributed by atoms with E-state index in [1.807, 2.05) is 0 Å². The van der Waals surface area contributed by atoms with Gasteiger partial charge in [0.2, 0.25) is 17.8 Å². The average molecular weight is 599 g/mol. The van der Waals surface area contributed by atoms with Crippen LogP contribution in [-0.4, -0.2) is 68.3 Å². The largest absolute Gasteiger partial charge is 0.497 e. The molecule has 0 aliphatic carbocycles. The fourth-order valence-corrected chi connectivity index (χ4v) is 4.57. The predicted octanol–water partition coefficient (Wildman–Crippen LogP) is 2.93. The lowest BCUT2D eigenvalue weighted by Crippen LogP contribution is -2.63. The third-order valence-corrected chi connectivity index (χ3v) is 6.35. The molecule has 0 N–H and O–H groups in total. The highest BCUT2D eigenvalue weighted by Gasteiger charge is 2.53. The molecule has 43 heavy (non-hydrogen) atoms. The van der Waals surface area contributed by atoms with Crippen molar-refractivity contribution in [3.05, 3.63) is 59.0 Å². The molecule has 2 aromatic carbocycles. The second-order valence-corrected chi connectivity index (χ2v) is 9.55. The molecule has 0 amide bonds. The minimum Gasteiger partial charge on any atom is -0.497 e. The predicted molar refractivity (Wildman–Crippen MR) is 147 cm³/mol. The zero-order chi connectivity index (χ0) is 31.3. The Bertz CT molecular complexity index is 1560. The van der Waals surface area contributed by atoms with E-state index >= 15 is 0 Å². The number of esters is 4. The number of fused-ring (bicyclic) bond motifs is 1. The van der Waals surface area contributed by atoms with Gasteiger partial charge in [-0.05, 0) is 35.9 Å². The van der Waals surface area contributed by atoms with E-state index in [4.69, 9.17) is 37.6 Å². The van der Waals surface area contributed by atoms with E-state index in [-0.39, 0.29) is 22.1 Å². The Kier molecular flexibility index (Phi) is 9.66. The molecule has 0 bridgehead atoms. The number of methoxy groups -OCH3 is 1. The van der Waals surface area contributed by atoms with E-state index in [0.717, 1.165) is 20.8 Å². The van der Waals surface area contributed by atoms with Crippen molar-refractivity contribution < 1.29 is 56.8 Å². The van der Waals surface area contributed by atoms with Crippen molar-refractivity contribution in [3.63, 3.8) is 0 Å². The maximum atomic E-state index is 13.5. The molecule has 0 saturated carbocycles. The molecule has 1 fully saturated rings. The molecule has 228 valence electrons. The summed E-state index contributed by atoms with van der Waals surface area (Å²) in [7, 11) is 1.53. The lowest BCUT2D eigenvalue weighted by molar-refractivity contribution is -0.288. The van der Waals surface area contributed by atoms with Gasteiger partial charge in [-0.25, -0.2) is 0 Å². The van der Waals surface area contributed by atoms with Gasteiger partial charge in [0.05, 0.1) is 18.1 Å². The van der Waals surface area contributed by atoms with Crippen LogP contribution in [0.3, 0.4) is 0 Å². The van der Waals surface area contributed by atoms with Gasteiger partial charge in [-0.1, -0.05) is 12.1 Å². The molecule has 13 heteroatoms. The van der Waals surface area contributed by atoms with Gasteiger partial charge < -0.3 is 37.6 Å². The smallest absolute Gasteiger partial charge is 0.303 e. The van der Waals surface area contributed by atoms with Gasteiger partial charge in [-0.2, -0.15) is 0 Å². The SMILES string of the molecule is COc1ccc(-c2coc3ccc(O[C@@H]4O[C@@H](COC(C)=O)[C@H](OC(C)=O)[C@H](OC(C)=O)[C@@H]4OC(C)=O)cc3c2=O)cc1. The van der Waals surface area contributed by atoms with Crippen LogP contribution in [0.15, 0.2) is 57.9 Å². The van der Waals surface area contributed by atoms with Crippen LogP contribution in [0.25, 0.3) is 22.1 Å². The first kappa shape index (κ1) is 31.0. The number of carbonyl (C=O) groups excluding carboxylic acids is 4. The van der Waals surface area contributed by atoms with Gasteiger partial charge in [0.1, 0.15) is 36.1 Å².